The van der Waals surface area contributed by atoms with Crippen LogP contribution in [0.15, 0.2) is 12.3 Å². The molecule has 2 N–H and O–H groups in total. The molecule has 5 heteroatoms. The number of anilines is 1. The molecule has 0 aliphatic carbocycles. The Balaban J connectivity index is 2.26. The zero-order valence-electron chi connectivity index (χ0n) is 8.18. The molecule has 0 radical (unpaired) electrons. The Labute approximate surface area is 82.5 Å². The summed E-state index contributed by atoms with van der Waals surface area (Å²) in [5.41, 5.74) is 5.70. The molecule has 0 bridgehead atoms. The van der Waals surface area contributed by atoms with Crippen LogP contribution in [0.5, 0.6) is 0 Å². The molecule has 0 saturated carbocycles. The van der Waals surface area contributed by atoms with Crippen LogP contribution in [0.2, 0.25) is 0 Å². The molecule has 2 heterocycles. The molecule has 76 valence electrons. The van der Waals surface area contributed by atoms with Gasteiger partial charge in [0.2, 0.25) is 5.91 Å². The van der Waals surface area contributed by atoms with E-state index in [4.69, 9.17) is 5.73 Å². The van der Waals surface area contributed by atoms with Gasteiger partial charge in [-0.05, 0) is 12.8 Å². The van der Waals surface area contributed by atoms with Crippen molar-refractivity contribution in [3.05, 3.63) is 12.3 Å². The van der Waals surface area contributed by atoms with Gasteiger partial charge in [-0.3, -0.25) is 14.4 Å². The fourth-order valence-corrected chi connectivity index (χ4v) is 1.76. The number of rotatable bonds is 1. The Morgan fingerprint density at radius 2 is 2.43 bits per heavy atom. The Kier molecular flexibility index (Phi) is 2.25. The quantitative estimate of drug-likeness (QED) is 0.677. The summed E-state index contributed by atoms with van der Waals surface area (Å²) in [6, 6.07) is 1.48. The van der Waals surface area contributed by atoms with Crippen LogP contribution in [0.4, 0.5) is 5.82 Å². The second-order valence-corrected chi connectivity index (χ2v) is 3.55. The molecule has 0 aromatic carbocycles. The van der Waals surface area contributed by atoms with Crippen LogP contribution in [0.3, 0.4) is 0 Å². The fraction of sp³-hybridized carbons (Fsp3) is 0.556. The zero-order valence-corrected chi connectivity index (χ0v) is 8.18. The maximum atomic E-state index is 11.7. The minimum Gasteiger partial charge on any atom is -0.320 e. The largest absolute Gasteiger partial charge is 0.320 e. The number of nitrogens with zero attached hydrogens (tertiary/aromatic N) is 3. The highest BCUT2D eigenvalue weighted by Gasteiger charge is 2.27. The maximum Gasteiger partial charge on any atom is 0.245 e. The van der Waals surface area contributed by atoms with Crippen molar-refractivity contribution in [2.24, 2.45) is 12.8 Å². The first-order chi connectivity index (χ1) is 6.70. The van der Waals surface area contributed by atoms with E-state index < -0.39 is 0 Å². The SMILES string of the molecule is Cn1nccc1N1CCC[C@@H](N)C1=O. The smallest absolute Gasteiger partial charge is 0.245 e. The van der Waals surface area contributed by atoms with Gasteiger partial charge in [0.1, 0.15) is 5.82 Å². The van der Waals surface area contributed by atoms with Crippen LogP contribution in [-0.2, 0) is 11.8 Å². The van der Waals surface area contributed by atoms with Crippen molar-refractivity contribution in [3.8, 4) is 0 Å². The van der Waals surface area contributed by atoms with Crippen LogP contribution in [0.25, 0.3) is 0 Å². The molecule has 1 aliphatic heterocycles. The van der Waals surface area contributed by atoms with E-state index in [9.17, 15) is 4.79 Å². The lowest BCUT2D eigenvalue weighted by Crippen LogP contribution is -2.49. The molecular weight excluding hydrogens is 180 g/mol. The average Bonchev–Trinajstić information content (AvgIpc) is 2.57. The predicted octanol–water partition coefficient (Wildman–Crippen LogP) is -0.126. The Morgan fingerprint density at radius 1 is 1.64 bits per heavy atom. The van der Waals surface area contributed by atoms with Crippen molar-refractivity contribution >= 4 is 11.7 Å². The van der Waals surface area contributed by atoms with Gasteiger partial charge in [0, 0.05) is 19.7 Å². The van der Waals surface area contributed by atoms with Gasteiger partial charge in [-0.1, -0.05) is 0 Å². The standard InChI is InChI=1S/C9H14N4O/c1-12-8(4-5-11-12)13-6-2-3-7(10)9(13)14/h4-5,7H,2-3,6,10H2,1H3/t7-/m1/s1. The molecule has 1 aromatic heterocycles. The second kappa shape index (κ2) is 3.42. The molecule has 2 rings (SSSR count). The monoisotopic (exact) mass is 194 g/mol. The predicted molar refractivity (Wildman–Crippen MR) is 52.8 cm³/mol. The summed E-state index contributed by atoms with van der Waals surface area (Å²) in [6.07, 6.45) is 3.42. The molecule has 0 unspecified atom stereocenters. The van der Waals surface area contributed by atoms with Crippen LogP contribution in [-0.4, -0.2) is 28.3 Å². The summed E-state index contributed by atoms with van der Waals surface area (Å²) in [7, 11) is 1.82. The topological polar surface area (TPSA) is 64.2 Å². The highest BCUT2D eigenvalue weighted by atomic mass is 16.2. The van der Waals surface area contributed by atoms with Gasteiger partial charge in [0.25, 0.3) is 0 Å². The molecule has 14 heavy (non-hydrogen) atoms. The minimum atomic E-state index is -0.348. The van der Waals surface area contributed by atoms with Gasteiger partial charge in [0.15, 0.2) is 0 Å². The van der Waals surface area contributed by atoms with Gasteiger partial charge in [0.05, 0.1) is 12.2 Å². The number of hydrogen-bond acceptors (Lipinski definition) is 3. The second-order valence-electron chi connectivity index (χ2n) is 3.55. The van der Waals surface area contributed by atoms with Crippen LogP contribution >= 0.6 is 0 Å². The number of nitrogens with two attached hydrogens (primary N) is 1. The van der Waals surface area contributed by atoms with E-state index in [-0.39, 0.29) is 11.9 Å². The first-order valence-electron chi connectivity index (χ1n) is 4.75. The van der Waals surface area contributed by atoms with Crippen molar-refractivity contribution in [3.63, 3.8) is 0 Å². The molecule has 1 atom stereocenters. The molecule has 1 amide bonds. The number of aryl methyl sites for hydroxylation is 1. The molecule has 1 aromatic rings. The van der Waals surface area contributed by atoms with Gasteiger partial charge < -0.3 is 5.73 Å². The first-order valence-corrected chi connectivity index (χ1v) is 4.75. The third-order valence-electron chi connectivity index (χ3n) is 2.55. The highest BCUT2D eigenvalue weighted by molar-refractivity contribution is 5.97. The molecule has 0 spiro atoms. The van der Waals surface area contributed by atoms with Crippen molar-refractivity contribution in [1.82, 2.24) is 9.78 Å². The number of carbonyl (C=O) groups is 1. The number of amides is 1. The van der Waals surface area contributed by atoms with Crippen LogP contribution in [0.1, 0.15) is 12.8 Å². The summed E-state index contributed by atoms with van der Waals surface area (Å²) in [6.45, 7) is 0.742. The molecule has 1 saturated heterocycles. The molecule has 1 fully saturated rings. The van der Waals surface area contributed by atoms with Gasteiger partial charge in [-0.25, -0.2) is 0 Å². The van der Waals surface area contributed by atoms with E-state index in [1.165, 1.54) is 0 Å². The summed E-state index contributed by atoms with van der Waals surface area (Å²) in [5, 5.41) is 4.03. The fourth-order valence-electron chi connectivity index (χ4n) is 1.76. The summed E-state index contributed by atoms with van der Waals surface area (Å²) >= 11 is 0. The van der Waals surface area contributed by atoms with Crippen molar-refractivity contribution in [2.45, 2.75) is 18.9 Å². The van der Waals surface area contributed by atoms with Gasteiger partial charge in [-0.2, -0.15) is 5.10 Å². The Bertz CT molecular complexity index is 346. The van der Waals surface area contributed by atoms with Crippen LogP contribution < -0.4 is 10.6 Å². The van der Waals surface area contributed by atoms with Gasteiger partial charge >= 0.3 is 0 Å². The first kappa shape index (κ1) is 9.21. The van der Waals surface area contributed by atoms with E-state index in [1.807, 2.05) is 13.1 Å². The lowest BCUT2D eigenvalue weighted by molar-refractivity contribution is -0.120. The van der Waals surface area contributed by atoms with Crippen molar-refractivity contribution < 1.29 is 4.79 Å². The molecular formula is C9H14N4O. The number of hydrogen-bond donors (Lipinski definition) is 1. The lowest BCUT2D eigenvalue weighted by Gasteiger charge is -2.29. The lowest BCUT2D eigenvalue weighted by atomic mass is 10.1. The zero-order chi connectivity index (χ0) is 10.1. The summed E-state index contributed by atoms with van der Waals surface area (Å²) in [5.74, 6) is 0.824. The third-order valence-corrected chi connectivity index (χ3v) is 2.55. The Morgan fingerprint density at radius 3 is 3.07 bits per heavy atom. The maximum absolute atomic E-state index is 11.7. The number of piperidine rings is 1. The minimum absolute atomic E-state index is 0.000139. The highest BCUT2D eigenvalue weighted by Crippen LogP contribution is 2.18. The van der Waals surface area contributed by atoms with E-state index in [0.717, 1.165) is 25.2 Å². The molecule has 1 aliphatic rings. The van der Waals surface area contributed by atoms with Gasteiger partial charge in [-0.15, -0.1) is 0 Å². The molecule has 5 nitrogen and oxygen atoms in total. The summed E-state index contributed by atoms with van der Waals surface area (Å²) in [4.78, 5) is 13.4. The number of aromatic nitrogens is 2. The van der Waals surface area contributed by atoms with E-state index in [1.54, 1.807) is 15.8 Å². The summed E-state index contributed by atoms with van der Waals surface area (Å²) < 4.78 is 1.69. The average molecular weight is 194 g/mol. The van der Waals surface area contributed by atoms with E-state index >= 15 is 0 Å². The van der Waals surface area contributed by atoms with E-state index in [2.05, 4.69) is 5.10 Å². The van der Waals surface area contributed by atoms with Crippen molar-refractivity contribution in [1.29, 1.82) is 0 Å². The third kappa shape index (κ3) is 1.39. The van der Waals surface area contributed by atoms with Crippen LogP contribution in [0, 0.1) is 0 Å². The number of carbonyl (C=O) groups excluding carboxylic acids is 1. The van der Waals surface area contributed by atoms with Crippen molar-refractivity contribution in [2.75, 3.05) is 11.4 Å². The normalized spacial score (nSPS) is 22.9. The van der Waals surface area contributed by atoms with E-state index in [0.29, 0.717) is 0 Å². The Hall–Kier alpha value is -1.36.